The molecule has 3 aromatic rings. The predicted molar refractivity (Wildman–Crippen MR) is 110 cm³/mol. The Morgan fingerprint density at radius 2 is 2.04 bits per heavy atom. The van der Waals surface area contributed by atoms with Crippen molar-refractivity contribution in [3.05, 3.63) is 70.7 Å². The number of nitrogens with zero attached hydrogens (tertiary/aromatic N) is 3. The Morgan fingerprint density at radius 3 is 2.85 bits per heavy atom. The molecule has 2 heterocycles. The van der Waals surface area contributed by atoms with Gasteiger partial charge in [-0.25, -0.2) is 0 Å². The molecule has 2 aromatic carbocycles. The minimum absolute atomic E-state index is 0.394. The molecule has 0 amide bonds. The number of ether oxygens (including phenoxy) is 1. The van der Waals surface area contributed by atoms with Crippen molar-refractivity contribution in [1.82, 2.24) is 15.2 Å². The van der Waals surface area contributed by atoms with Gasteiger partial charge < -0.3 is 10.1 Å². The summed E-state index contributed by atoms with van der Waals surface area (Å²) in [5.74, 6) is 1.08. The van der Waals surface area contributed by atoms with E-state index in [1.54, 1.807) is 18.2 Å². The minimum atomic E-state index is -0.550. The lowest BCUT2D eigenvalue weighted by Gasteiger charge is -2.20. The van der Waals surface area contributed by atoms with E-state index in [1.807, 2.05) is 30.3 Å². The Balaban J connectivity index is 1.82. The molecule has 136 valence electrons. The van der Waals surface area contributed by atoms with E-state index in [4.69, 9.17) is 27.9 Å². The lowest BCUT2D eigenvalue weighted by atomic mass is 10.1. The van der Waals surface area contributed by atoms with Crippen molar-refractivity contribution in [3.8, 4) is 17.1 Å². The summed E-state index contributed by atoms with van der Waals surface area (Å²) in [7, 11) is 0. The van der Waals surface area contributed by atoms with E-state index in [0.29, 0.717) is 32.5 Å². The Hall–Kier alpha value is -2.28. The zero-order valence-corrected chi connectivity index (χ0v) is 16.4. The zero-order chi connectivity index (χ0) is 18.8. The molecule has 1 atom stereocenters. The molecule has 1 aromatic heterocycles. The van der Waals surface area contributed by atoms with Gasteiger partial charge in [0.25, 0.3) is 0 Å². The molecule has 0 bridgehead atoms. The maximum absolute atomic E-state index is 6.40. The van der Waals surface area contributed by atoms with Crippen molar-refractivity contribution in [1.29, 1.82) is 0 Å². The third kappa shape index (κ3) is 3.74. The smallest absolute Gasteiger partial charge is 0.247 e. The van der Waals surface area contributed by atoms with E-state index in [1.165, 1.54) is 11.8 Å². The molecule has 4 rings (SSSR count). The standard InChI is InChI=1S/C19H14Cl2N4OS/c1-2-9-27-19-23-18-16(24-25-19)13-5-3-4-6-15(13)22-17(26-18)12-8-7-11(20)10-14(12)21/h2-8,10,17,22H,1,9H2. The molecule has 0 radical (unpaired) electrons. The van der Waals surface area contributed by atoms with Crippen LogP contribution in [0, 0.1) is 0 Å². The molecule has 5 nitrogen and oxygen atoms in total. The molecule has 1 aliphatic heterocycles. The van der Waals surface area contributed by atoms with Crippen LogP contribution >= 0.6 is 35.0 Å². The number of thioether (sulfide) groups is 1. The van der Waals surface area contributed by atoms with Crippen LogP contribution in [0.15, 0.2) is 60.3 Å². The number of anilines is 1. The van der Waals surface area contributed by atoms with Gasteiger partial charge in [-0.15, -0.1) is 16.8 Å². The summed E-state index contributed by atoms with van der Waals surface area (Å²) in [6.45, 7) is 3.71. The fourth-order valence-corrected chi connectivity index (χ4v) is 3.72. The number of aromatic nitrogens is 3. The van der Waals surface area contributed by atoms with Crippen molar-refractivity contribution in [2.24, 2.45) is 0 Å². The fraction of sp³-hybridized carbons (Fsp3) is 0.105. The highest BCUT2D eigenvalue weighted by atomic mass is 35.5. The SMILES string of the molecule is C=CCSc1nnc2c(n1)OC(c1ccc(Cl)cc1Cl)Nc1ccccc1-2. The van der Waals surface area contributed by atoms with Gasteiger partial charge in [-0.2, -0.15) is 4.98 Å². The first-order valence-corrected chi connectivity index (χ1v) is 9.86. The molecule has 0 aliphatic carbocycles. The topological polar surface area (TPSA) is 59.9 Å². The van der Waals surface area contributed by atoms with Crippen LogP contribution in [0.25, 0.3) is 11.3 Å². The average molecular weight is 417 g/mol. The second-order valence-corrected chi connectivity index (χ2v) is 7.53. The minimum Gasteiger partial charge on any atom is -0.448 e. The van der Waals surface area contributed by atoms with Crippen LogP contribution in [0.4, 0.5) is 5.69 Å². The van der Waals surface area contributed by atoms with Gasteiger partial charge in [0.15, 0.2) is 11.9 Å². The Bertz CT molecular complexity index is 1010. The van der Waals surface area contributed by atoms with Crippen molar-refractivity contribution < 1.29 is 4.74 Å². The van der Waals surface area contributed by atoms with Crippen LogP contribution in [0.1, 0.15) is 11.8 Å². The summed E-state index contributed by atoms with van der Waals surface area (Å²) in [6.07, 6.45) is 1.24. The second kappa shape index (κ2) is 7.76. The third-order valence-corrected chi connectivity index (χ3v) is 5.30. The number of halogens is 2. The summed E-state index contributed by atoms with van der Waals surface area (Å²) in [5.41, 5.74) is 3.05. The number of nitrogens with one attached hydrogen (secondary N) is 1. The number of hydrogen-bond acceptors (Lipinski definition) is 6. The van der Waals surface area contributed by atoms with E-state index in [-0.39, 0.29) is 0 Å². The molecule has 1 aliphatic rings. The van der Waals surface area contributed by atoms with Crippen molar-refractivity contribution >= 4 is 40.7 Å². The Kier molecular flexibility index (Phi) is 5.20. The van der Waals surface area contributed by atoms with Crippen LogP contribution in [-0.4, -0.2) is 20.9 Å². The highest BCUT2D eigenvalue weighted by Crippen LogP contribution is 2.40. The van der Waals surface area contributed by atoms with Crippen LogP contribution in [0.3, 0.4) is 0 Å². The van der Waals surface area contributed by atoms with Gasteiger partial charge >= 0.3 is 0 Å². The lowest BCUT2D eigenvalue weighted by molar-refractivity contribution is 0.225. The molecule has 0 saturated carbocycles. The first-order valence-electron chi connectivity index (χ1n) is 8.11. The van der Waals surface area contributed by atoms with Gasteiger partial charge in [-0.05, 0) is 18.2 Å². The van der Waals surface area contributed by atoms with Gasteiger partial charge in [0.1, 0.15) is 0 Å². The molecule has 0 fully saturated rings. The highest BCUT2D eigenvalue weighted by Gasteiger charge is 2.27. The maximum atomic E-state index is 6.40. The summed E-state index contributed by atoms with van der Waals surface area (Å²) in [4.78, 5) is 4.54. The van der Waals surface area contributed by atoms with Crippen molar-refractivity contribution in [3.63, 3.8) is 0 Å². The number of hydrogen-bond donors (Lipinski definition) is 1. The highest BCUT2D eigenvalue weighted by molar-refractivity contribution is 7.99. The Labute approximate surface area is 170 Å². The largest absolute Gasteiger partial charge is 0.448 e. The average Bonchev–Trinajstić information content (AvgIpc) is 2.82. The second-order valence-electron chi connectivity index (χ2n) is 5.70. The number of para-hydroxylation sites is 1. The van der Waals surface area contributed by atoms with Gasteiger partial charge in [0.2, 0.25) is 11.0 Å². The van der Waals surface area contributed by atoms with Gasteiger partial charge in [-0.1, -0.05) is 65.3 Å². The van der Waals surface area contributed by atoms with Crippen LogP contribution < -0.4 is 10.1 Å². The third-order valence-electron chi connectivity index (χ3n) is 3.91. The van der Waals surface area contributed by atoms with E-state index in [0.717, 1.165) is 16.8 Å². The quantitative estimate of drug-likeness (QED) is 0.439. The van der Waals surface area contributed by atoms with E-state index in [9.17, 15) is 0 Å². The number of benzene rings is 2. The lowest BCUT2D eigenvalue weighted by Crippen LogP contribution is -2.17. The maximum Gasteiger partial charge on any atom is 0.247 e. The molecule has 27 heavy (non-hydrogen) atoms. The number of fused-ring (bicyclic) bond motifs is 3. The van der Waals surface area contributed by atoms with Crippen molar-refractivity contribution in [2.45, 2.75) is 11.4 Å². The van der Waals surface area contributed by atoms with Gasteiger partial charge in [0, 0.05) is 27.6 Å². The van der Waals surface area contributed by atoms with E-state index in [2.05, 4.69) is 27.1 Å². The van der Waals surface area contributed by atoms with E-state index >= 15 is 0 Å². The molecule has 1 N–H and O–H groups in total. The number of rotatable bonds is 4. The predicted octanol–water partition coefficient (Wildman–Crippen LogP) is 5.63. The van der Waals surface area contributed by atoms with Crippen LogP contribution in [0.2, 0.25) is 10.0 Å². The molecule has 1 unspecified atom stereocenters. The first-order chi connectivity index (χ1) is 13.2. The van der Waals surface area contributed by atoms with Gasteiger partial charge in [-0.3, -0.25) is 0 Å². The summed E-state index contributed by atoms with van der Waals surface area (Å²) in [5, 5.41) is 13.5. The van der Waals surface area contributed by atoms with Crippen LogP contribution in [0.5, 0.6) is 5.88 Å². The summed E-state index contributed by atoms with van der Waals surface area (Å²) in [6, 6.07) is 13.1. The first kappa shape index (κ1) is 18.1. The van der Waals surface area contributed by atoms with E-state index < -0.39 is 6.23 Å². The van der Waals surface area contributed by atoms with Crippen molar-refractivity contribution in [2.75, 3.05) is 11.1 Å². The zero-order valence-electron chi connectivity index (χ0n) is 14.0. The summed E-state index contributed by atoms with van der Waals surface area (Å²) >= 11 is 13.9. The normalized spacial score (nSPS) is 15.0. The molecular formula is C19H14Cl2N4OS. The molecule has 8 heteroatoms. The fourth-order valence-electron chi connectivity index (χ4n) is 2.70. The molecule has 0 spiro atoms. The molecular weight excluding hydrogens is 403 g/mol. The monoisotopic (exact) mass is 416 g/mol. The van der Waals surface area contributed by atoms with Crippen LogP contribution in [-0.2, 0) is 0 Å². The summed E-state index contributed by atoms with van der Waals surface area (Å²) < 4.78 is 6.18. The van der Waals surface area contributed by atoms with Gasteiger partial charge in [0.05, 0.1) is 5.02 Å². The Morgan fingerprint density at radius 1 is 1.19 bits per heavy atom. The molecule has 0 saturated heterocycles.